The maximum atomic E-state index is 12.4. The number of hydrogen-bond donors (Lipinski definition) is 2. The number of para-hydroxylation sites is 2. The molecule has 1 heterocycles. The van der Waals surface area contributed by atoms with Gasteiger partial charge in [-0.15, -0.1) is 4.91 Å². The summed E-state index contributed by atoms with van der Waals surface area (Å²) in [5, 5.41) is 21.2. The minimum atomic E-state index is -0.846. The van der Waals surface area contributed by atoms with Crippen molar-refractivity contribution in [1.29, 1.82) is 5.41 Å². The molecule has 0 atom stereocenters. The van der Waals surface area contributed by atoms with Crippen molar-refractivity contribution in [3.63, 3.8) is 0 Å². The summed E-state index contributed by atoms with van der Waals surface area (Å²) in [4.78, 5) is 23.4. The fourth-order valence-corrected chi connectivity index (χ4v) is 2.32. The molecule has 0 unspecified atom stereocenters. The van der Waals surface area contributed by atoms with Gasteiger partial charge >= 0.3 is 0 Å². The summed E-state index contributed by atoms with van der Waals surface area (Å²) in [6, 6.07) is 16.9. The third kappa shape index (κ3) is 2.34. The van der Waals surface area contributed by atoms with E-state index in [0.29, 0.717) is 11.4 Å². The number of hydrogen-bond acceptors (Lipinski definition) is 5. The standard InChI is InChI=1S/C16H12N4O3/c17-16-19(11-7-3-1-4-8-11)14(21)13(18-23)15(22)20(16)12-9-5-2-6-10-12/h1-10,17,21H. The minimum absolute atomic E-state index is 0.294. The maximum absolute atomic E-state index is 12.4. The number of nitroso groups, excluding NO2 is 1. The molecule has 2 aromatic carbocycles. The largest absolute Gasteiger partial charge is 0.492 e. The summed E-state index contributed by atoms with van der Waals surface area (Å²) in [6.07, 6.45) is 0. The SMILES string of the molecule is N=c1n(-c2ccccc2)c(O)c(N=O)c(=O)n1-c1ccccc1. The van der Waals surface area contributed by atoms with Gasteiger partial charge < -0.3 is 5.11 Å². The molecule has 7 nitrogen and oxygen atoms in total. The number of rotatable bonds is 3. The van der Waals surface area contributed by atoms with E-state index in [9.17, 15) is 14.8 Å². The molecule has 0 spiro atoms. The summed E-state index contributed by atoms with van der Waals surface area (Å²) >= 11 is 0. The van der Waals surface area contributed by atoms with Gasteiger partial charge in [0, 0.05) is 0 Å². The van der Waals surface area contributed by atoms with E-state index < -0.39 is 17.1 Å². The van der Waals surface area contributed by atoms with Crippen LogP contribution in [0.2, 0.25) is 0 Å². The smallest absolute Gasteiger partial charge is 0.293 e. The first-order valence-electron chi connectivity index (χ1n) is 6.75. The number of nitrogens with zero attached hydrogens (tertiary/aromatic N) is 3. The fourth-order valence-electron chi connectivity index (χ4n) is 2.32. The van der Waals surface area contributed by atoms with Crippen molar-refractivity contribution in [2.75, 3.05) is 0 Å². The van der Waals surface area contributed by atoms with Gasteiger partial charge in [-0.05, 0) is 29.4 Å². The molecule has 0 aliphatic heterocycles. The second-order valence-corrected chi connectivity index (χ2v) is 4.73. The molecule has 0 fully saturated rings. The molecular formula is C16H12N4O3. The molecule has 23 heavy (non-hydrogen) atoms. The van der Waals surface area contributed by atoms with Crippen LogP contribution in [0.4, 0.5) is 5.69 Å². The third-order valence-electron chi connectivity index (χ3n) is 3.37. The minimum Gasteiger partial charge on any atom is -0.492 e. The second kappa shape index (κ2) is 5.72. The lowest BCUT2D eigenvalue weighted by Crippen LogP contribution is -2.38. The van der Waals surface area contributed by atoms with Crippen LogP contribution in [0.15, 0.2) is 70.6 Å². The first-order valence-corrected chi connectivity index (χ1v) is 6.75. The lowest BCUT2D eigenvalue weighted by Gasteiger charge is -2.14. The van der Waals surface area contributed by atoms with Gasteiger partial charge in [-0.1, -0.05) is 36.4 Å². The molecule has 0 amide bonds. The first-order chi connectivity index (χ1) is 11.1. The predicted octanol–water partition coefficient (Wildman–Crippen LogP) is 2.21. The summed E-state index contributed by atoms with van der Waals surface area (Å²) < 4.78 is 2.11. The van der Waals surface area contributed by atoms with Crippen LogP contribution in [0.3, 0.4) is 0 Å². The molecule has 3 aromatic rings. The normalized spacial score (nSPS) is 10.4. The predicted molar refractivity (Wildman–Crippen MR) is 84.3 cm³/mol. The zero-order valence-corrected chi connectivity index (χ0v) is 11.9. The van der Waals surface area contributed by atoms with Crippen molar-refractivity contribution >= 4 is 5.69 Å². The Kier molecular flexibility index (Phi) is 3.60. The van der Waals surface area contributed by atoms with Crippen LogP contribution in [0.25, 0.3) is 11.4 Å². The van der Waals surface area contributed by atoms with Crippen LogP contribution in [0.1, 0.15) is 0 Å². The summed E-state index contributed by atoms with van der Waals surface area (Å²) in [5.74, 6) is -0.659. The van der Waals surface area contributed by atoms with Crippen LogP contribution < -0.4 is 11.2 Å². The van der Waals surface area contributed by atoms with E-state index in [1.54, 1.807) is 60.7 Å². The van der Waals surface area contributed by atoms with Crippen molar-refractivity contribution in [2.24, 2.45) is 5.18 Å². The quantitative estimate of drug-likeness (QED) is 0.725. The van der Waals surface area contributed by atoms with Crippen molar-refractivity contribution in [1.82, 2.24) is 9.13 Å². The van der Waals surface area contributed by atoms with Crippen LogP contribution in [-0.4, -0.2) is 14.2 Å². The Morgan fingerprint density at radius 3 is 1.83 bits per heavy atom. The Labute approximate surface area is 130 Å². The highest BCUT2D eigenvalue weighted by Crippen LogP contribution is 2.23. The topological polar surface area (TPSA) is 100 Å². The molecule has 0 radical (unpaired) electrons. The molecule has 0 bridgehead atoms. The van der Waals surface area contributed by atoms with Crippen molar-refractivity contribution in [2.45, 2.75) is 0 Å². The molecule has 0 saturated heterocycles. The molecule has 7 heteroatoms. The highest BCUT2D eigenvalue weighted by atomic mass is 16.3. The lowest BCUT2D eigenvalue weighted by molar-refractivity contribution is 0.427. The molecular weight excluding hydrogens is 296 g/mol. The monoisotopic (exact) mass is 308 g/mol. The van der Waals surface area contributed by atoms with Gasteiger partial charge in [0.2, 0.25) is 17.2 Å². The molecule has 0 aliphatic rings. The van der Waals surface area contributed by atoms with Crippen molar-refractivity contribution < 1.29 is 5.11 Å². The van der Waals surface area contributed by atoms with Gasteiger partial charge in [0.15, 0.2) is 0 Å². The molecule has 1 aromatic heterocycles. The van der Waals surface area contributed by atoms with E-state index in [4.69, 9.17) is 5.41 Å². The average Bonchev–Trinajstić information content (AvgIpc) is 2.57. The molecule has 2 N–H and O–H groups in total. The number of benzene rings is 2. The zero-order chi connectivity index (χ0) is 16.4. The van der Waals surface area contributed by atoms with Crippen LogP contribution >= 0.6 is 0 Å². The second-order valence-electron chi connectivity index (χ2n) is 4.73. The van der Waals surface area contributed by atoms with Crippen LogP contribution in [0, 0.1) is 10.3 Å². The van der Waals surface area contributed by atoms with Crippen molar-refractivity contribution in [3.8, 4) is 17.3 Å². The Bertz CT molecular complexity index is 976. The first kappa shape index (κ1) is 14.5. The highest BCUT2D eigenvalue weighted by Gasteiger charge is 2.19. The number of aromatic nitrogens is 2. The van der Waals surface area contributed by atoms with Gasteiger partial charge in [-0.3, -0.25) is 10.2 Å². The molecule has 0 saturated carbocycles. The van der Waals surface area contributed by atoms with E-state index in [1.165, 1.54) is 0 Å². The average molecular weight is 308 g/mol. The maximum Gasteiger partial charge on any atom is 0.293 e. The fraction of sp³-hybridized carbons (Fsp3) is 0. The summed E-state index contributed by atoms with van der Waals surface area (Å²) in [7, 11) is 0. The van der Waals surface area contributed by atoms with Gasteiger partial charge in [0.25, 0.3) is 5.56 Å². The Balaban J connectivity index is 2.46. The highest BCUT2D eigenvalue weighted by molar-refractivity contribution is 5.51. The van der Waals surface area contributed by atoms with E-state index in [0.717, 1.165) is 9.13 Å². The summed E-state index contributed by atoms with van der Waals surface area (Å²) in [6.45, 7) is 0. The van der Waals surface area contributed by atoms with Gasteiger partial charge in [0.1, 0.15) is 0 Å². The number of aromatic hydroxyl groups is 1. The van der Waals surface area contributed by atoms with Gasteiger partial charge in [-0.2, -0.15) is 0 Å². The molecule has 114 valence electrons. The zero-order valence-electron chi connectivity index (χ0n) is 11.9. The summed E-state index contributed by atoms with van der Waals surface area (Å²) in [5.41, 5.74) is -0.950. The van der Waals surface area contributed by atoms with E-state index in [-0.39, 0.29) is 5.62 Å². The van der Waals surface area contributed by atoms with Gasteiger partial charge in [0.05, 0.1) is 11.4 Å². The Hall–Kier alpha value is -3.48. The van der Waals surface area contributed by atoms with Crippen LogP contribution in [0.5, 0.6) is 5.88 Å². The number of nitrogens with one attached hydrogen (secondary N) is 1. The Morgan fingerprint density at radius 1 is 0.870 bits per heavy atom. The van der Waals surface area contributed by atoms with Crippen LogP contribution in [-0.2, 0) is 0 Å². The molecule has 3 rings (SSSR count). The van der Waals surface area contributed by atoms with E-state index in [1.807, 2.05) is 0 Å². The molecule has 0 aliphatic carbocycles. The van der Waals surface area contributed by atoms with E-state index in [2.05, 4.69) is 5.18 Å². The van der Waals surface area contributed by atoms with E-state index >= 15 is 0 Å². The van der Waals surface area contributed by atoms with Gasteiger partial charge in [-0.25, -0.2) is 9.13 Å². The lowest BCUT2D eigenvalue weighted by atomic mass is 10.3. The van der Waals surface area contributed by atoms with Crippen molar-refractivity contribution in [3.05, 3.63) is 81.5 Å². The third-order valence-corrected chi connectivity index (χ3v) is 3.37. The Morgan fingerprint density at radius 2 is 1.35 bits per heavy atom.